The van der Waals surface area contributed by atoms with Crippen LogP contribution in [0.4, 0.5) is 15.9 Å². The highest BCUT2D eigenvalue weighted by molar-refractivity contribution is 6.29. The number of aryl methyl sites for hydroxylation is 1. The highest BCUT2D eigenvalue weighted by atomic mass is 35.5. The molecule has 1 unspecified atom stereocenters. The van der Waals surface area contributed by atoms with Gasteiger partial charge in [-0.1, -0.05) is 23.7 Å². The number of pyridine rings is 1. The summed E-state index contributed by atoms with van der Waals surface area (Å²) in [5.74, 6) is 0.350. The molecule has 0 aliphatic heterocycles. The Hall–Kier alpha value is -1.81. The van der Waals surface area contributed by atoms with Crippen LogP contribution in [0.1, 0.15) is 24.1 Å². The maximum absolute atomic E-state index is 13.5. The molecule has 0 radical (unpaired) electrons. The third-order valence-electron chi connectivity index (χ3n) is 2.88. The number of aromatic nitrogens is 1. The van der Waals surface area contributed by atoms with E-state index in [0.717, 1.165) is 5.56 Å². The van der Waals surface area contributed by atoms with Crippen LogP contribution < -0.4 is 11.1 Å². The summed E-state index contributed by atoms with van der Waals surface area (Å²) in [6.07, 6.45) is 0. The van der Waals surface area contributed by atoms with E-state index in [1.54, 1.807) is 25.1 Å². The maximum Gasteiger partial charge on any atom is 0.133 e. The van der Waals surface area contributed by atoms with E-state index in [2.05, 4.69) is 10.3 Å². The Labute approximate surface area is 116 Å². The van der Waals surface area contributed by atoms with Crippen molar-refractivity contribution < 1.29 is 4.39 Å². The summed E-state index contributed by atoms with van der Waals surface area (Å²) >= 11 is 5.83. The molecule has 0 saturated carbocycles. The Morgan fingerprint density at radius 1 is 1.32 bits per heavy atom. The van der Waals surface area contributed by atoms with Crippen LogP contribution in [0.15, 0.2) is 30.3 Å². The number of hydrogen-bond acceptors (Lipinski definition) is 3. The molecule has 3 N–H and O–H groups in total. The molecule has 0 bridgehead atoms. The van der Waals surface area contributed by atoms with E-state index < -0.39 is 0 Å². The van der Waals surface area contributed by atoms with Crippen LogP contribution in [0.3, 0.4) is 0 Å². The summed E-state index contributed by atoms with van der Waals surface area (Å²) in [4.78, 5) is 4.12. The molecule has 0 aliphatic rings. The van der Waals surface area contributed by atoms with E-state index in [0.29, 0.717) is 22.2 Å². The van der Waals surface area contributed by atoms with E-state index in [4.69, 9.17) is 17.3 Å². The largest absolute Gasteiger partial charge is 0.399 e. The number of anilines is 2. The van der Waals surface area contributed by atoms with Gasteiger partial charge >= 0.3 is 0 Å². The van der Waals surface area contributed by atoms with Crippen molar-refractivity contribution in [2.24, 2.45) is 0 Å². The normalized spacial score (nSPS) is 12.2. The first kappa shape index (κ1) is 13.6. The molecule has 2 rings (SSSR count). The second-order valence-electron chi connectivity index (χ2n) is 4.48. The molecular formula is C14H15ClFN3. The number of benzene rings is 1. The molecule has 1 atom stereocenters. The number of nitrogen functional groups attached to an aromatic ring is 1. The first-order valence-electron chi connectivity index (χ1n) is 5.91. The lowest BCUT2D eigenvalue weighted by atomic mass is 10.1. The third kappa shape index (κ3) is 3.35. The minimum absolute atomic E-state index is 0.0968. The van der Waals surface area contributed by atoms with Gasteiger partial charge in [0.05, 0.1) is 6.04 Å². The second-order valence-corrected chi connectivity index (χ2v) is 4.87. The Morgan fingerprint density at radius 2 is 2.05 bits per heavy atom. The quantitative estimate of drug-likeness (QED) is 0.837. The summed E-state index contributed by atoms with van der Waals surface area (Å²) in [6.45, 7) is 3.65. The fraction of sp³-hybridized carbons (Fsp3) is 0.214. The first-order chi connectivity index (χ1) is 8.95. The fourth-order valence-corrected chi connectivity index (χ4v) is 1.99. The van der Waals surface area contributed by atoms with Gasteiger partial charge in [0.15, 0.2) is 0 Å². The zero-order chi connectivity index (χ0) is 14.0. The van der Waals surface area contributed by atoms with Gasteiger partial charge in [0.25, 0.3) is 0 Å². The van der Waals surface area contributed by atoms with Gasteiger partial charge in [-0.25, -0.2) is 9.37 Å². The first-order valence-corrected chi connectivity index (χ1v) is 6.29. The predicted molar refractivity (Wildman–Crippen MR) is 76.8 cm³/mol. The number of nitrogens with zero attached hydrogens (tertiary/aromatic N) is 1. The van der Waals surface area contributed by atoms with Crippen molar-refractivity contribution in [1.29, 1.82) is 0 Å². The van der Waals surface area contributed by atoms with Gasteiger partial charge in [-0.05, 0) is 37.1 Å². The Kier molecular flexibility index (Phi) is 3.90. The van der Waals surface area contributed by atoms with Crippen LogP contribution in [0.2, 0.25) is 5.15 Å². The molecule has 1 heterocycles. The zero-order valence-corrected chi connectivity index (χ0v) is 11.5. The lowest BCUT2D eigenvalue weighted by Gasteiger charge is -2.16. The van der Waals surface area contributed by atoms with Crippen LogP contribution in [0, 0.1) is 12.7 Å². The average molecular weight is 280 g/mol. The molecule has 3 nitrogen and oxygen atoms in total. The molecular weight excluding hydrogens is 265 g/mol. The van der Waals surface area contributed by atoms with E-state index >= 15 is 0 Å². The van der Waals surface area contributed by atoms with Crippen molar-refractivity contribution in [2.45, 2.75) is 19.9 Å². The minimum atomic E-state index is -0.218. The number of hydrogen-bond donors (Lipinski definition) is 2. The summed E-state index contributed by atoms with van der Waals surface area (Å²) in [5, 5.41) is 3.47. The molecule has 0 amide bonds. The predicted octanol–water partition coefficient (Wildman–Crippen LogP) is 3.94. The summed E-state index contributed by atoms with van der Waals surface area (Å²) in [6, 6.07) is 8.31. The lowest BCUT2D eigenvalue weighted by Crippen LogP contribution is -2.09. The summed E-state index contributed by atoms with van der Waals surface area (Å²) in [5.41, 5.74) is 7.69. The SMILES string of the molecule is Cc1ccc(C(C)Nc2cc(N)cc(Cl)n2)cc1F. The molecule has 5 heteroatoms. The summed E-state index contributed by atoms with van der Waals surface area (Å²) < 4.78 is 13.5. The molecule has 0 aliphatic carbocycles. The Bertz CT molecular complexity index is 581. The van der Waals surface area contributed by atoms with Gasteiger partial charge in [0, 0.05) is 11.8 Å². The van der Waals surface area contributed by atoms with Gasteiger partial charge < -0.3 is 11.1 Å². The highest BCUT2D eigenvalue weighted by Gasteiger charge is 2.09. The molecule has 0 saturated heterocycles. The maximum atomic E-state index is 13.5. The van der Waals surface area contributed by atoms with Gasteiger partial charge in [-0.15, -0.1) is 0 Å². The van der Waals surface area contributed by atoms with Crippen LogP contribution >= 0.6 is 11.6 Å². The smallest absolute Gasteiger partial charge is 0.133 e. The molecule has 0 fully saturated rings. The average Bonchev–Trinajstić information content (AvgIpc) is 2.31. The van der Waals surface area contributed by atoms with E-state index in [1.165, 1.54) is 6.07 Å². The Morgan fingerprint density at radius 3 is 2.68 bits per heavy atom. The van der Waals surface area contributed by atoms with Gasteiger partial charge in [0.1, 0.15) is 16.8 Å². The lowest BCUT2D eigenvalue weighted by molar-refractivity contribution is 0.614. The number of nitrogens with two attached hydrogens (primary N) is 1. The minimum Gasteiger partial charge on any atom is -0.399 e. The fourth-order valence-electron chi connectivity index (χ4n) is 1.77. The molecule has 1 aromatic carbocycles. The number of rotatable bonds is 3. The number of halogens is 2. The molecule has 1 aromatic heterocycles. The van der Waals surface area contributed by atoms with Crippen molar-refractivity contribution in [1.82, 2.24) is 4.98 Å². The van der Waals surface area contributed by atoms with E-state index in [1.807, 2.05) is 13.0 Å². The van der Waals surface area contributed by atoms with Crippen molar-refractivity contribution in [3.8, 4) is 0 Å². The number of nitrogens with one attached hydrogen (secondary N) is 1. The topological polar surface area (TPSA) is 50.9 Å². The highest BCUT2D eigenvalue weighted by Crippen LogP contribution is 2.22. The van der Waals surface area contributed by atoms with Gasteiger partial charge in [0.2, 0.25) is 0 Å². The monoisotopic (exact) mass is 279 g/mol. The van der Waals surface area contributed by atoms with Crippen LogP contribution in [-0.4, -0.2) is 4.98 Å². The van der Waals surface area contributed by atoms with Gasteiger partial charge in [-0.3, -0.25) is 0 Å². The molecule has 2 aromatic rings. The third-order valence-corrected chi connectivity index (χ3v) is 3.07. The Balaban J connectivity index is 2.20. The van der Waals surface area contributed by atoms with Crippen LogP contribution in [-0.2, 0) is 0 Å². The second kappa shape index (κ2) is 5.45. The molecule has 19 heavy (non-hydrogen) atoms. The van der Waals surface area contributed by atoms with Crippen molar-refractivity contribution in [3.05, 3.63) is 52.4 Å². The molecule has 0 spiro atoms. The van der Waals surface area contributed by atoms with Crippen molar-refractivity contribution in [3.63, 3.8) is 0 Å². The van der Waals surface area contributed by atoms with Crippen LogP contribution in [0.5, 0.6) is 0 Å². The standard InChI is InChI=1S/C14H15ClFN3/c1-8-3-4-10(5-12(8)16)9(2)18-14-7-11(17)6-13(15)19-14/h3-7,9H,1-2H3,(H3,17,18,19). The van der Waals surface area contributed by atoms with Crippen molar-refractivity contribution >= 4 is 23.1 Å². The zero-order valence-electron chi connectivity index (χ0n) is 10.7. The molecule has 100 valence electrons. The van der Waals surface area contributed by atoms with Crippen LogP contribution in [0.25, 0.3) is 0 Å². The van der Waals surface area contributed by atoms with Crippen molar-refractivity contribution in [2.75, 3.05) is 11.1 Å². The summed E-state index contributed by atoms with van der Waals surface area (Å²) in [7, 11) is 0. The van der Waals surface area contributed by atoms with E-state index in [-0.39, 0.29) is 11.9 Å². The van der Waals surface area contributed by atoms with E-state index in [9.17, 15) is 4.39 Å². The van der Waals surface area contributed by atoms with Gasteiger partial charge in [-0.2, -0.15) is 0 Å².